The predicted molar refractivity (Wildman–Crippen MR) is 86.4 cm³/mol. The standard InChI is InChI=1S/C17H21N5O/c23-17(18-10-13-8-9-21(12-13)14-6-7-14)16-11-19-22(20-16)15-4-2-1-3-5-15/h1-5,11,13-14H,6-10,12H2,(H,18,23)/t13-/m0/s1. The summed E-state index contributed by atoms with van der Waals surface area (Å²) in [5, 5.41) is 11.4. The number of hydrogen-bond donors (Lipinski definition) is 1. The minimum absolute atomic E-state index is 0.142. The van der Waals surface area contributed by atoms with Crippen LogP contribution in [0.2, 0.25) is 0 Å². The normalized spacial score (nSPS) is 21.5. The summed E-state index contributed by atoms with van der Waals surface area (Å²) in [6, 6.07) is 10.4. The van der Waals surface area contributed by atoms with E-state index in [4.69, 9.17) is 0 Å². The monoisotopic (exact) mass is 311 g/mol. The molecule has 6 nitrogen and oxygen atoms in total. The lowest BCUT2D eigenvalue weighted by Crippen LogP contribution is -2.31. The maximum absolute atomic E-state index is 12.2. The number of benzene rings is 1. The van der Waals surface area contributed by atoms with Gasteiger partial charge in [-0.1, -0.05) is 18.2 Å². The Hall–Kier alpha value is -2.21. The first kappa shape index (κ1) is 14.4. The lowest BCUT2D eigenvalue weighted by Gasteiger charge is -2.14. The number of para-hydroxylation sites is 1. The Morgan fingerprint density at radius 3 is 2.83 bits per heavy atom. The van der Waals surface area contributed by atoms with Gasteiger partial charge in [0.25, 0.3) is 5.91 Å². The molecule has 1 amide bonds. The molecule has 1 atom stereocenters. The molecule has 2 aromatic rings. The van der Waals surface area contributed by atoms with Gasteiger partial charge in [0.15, 0.2) is 5.69 Å². The van der Waals surface area contributed by atoms with E-state index in [9.17, 15) is 4.79 Å². The van der Waals surface area contributed by atoms with Crippen molar-refractivity contribution in [2.24, 2.45) is 5.92 Å². The molecule has 120 valence electrons. The van der Waals surface area contributed by atoms with Crippen LogP contribution >= 0.6 is 0 Å². The van der Waals surface area contributed by atoms with Crippen LogP contribution in [0.1, 0.15) is 29.8 Å². The summed E-state index contributed by atoms with van der Waals surface area (Å²) in [6.07, 6.45) is 5.39. The van der Waals surface area contributed by atoms with E-state index >= 15 is 0 Å². The molecule has 1 aromatic heterocycles. The van der Waals surface area contributed by atoms with E-state index < -0.39 is 0 Å². The zero-order valence-corrected chi connectivity index (χ0v) is 13.1. The maximum atomic E-state index is 12.2. The van der Waals surface area contributed by atoms with Gasteiger partial charge in [0.2, 0.25) is 0 Å². The molecule has 1 aromatic carbocycles. The van der Waals surface area contributed by atoms with Gasteiger partial charge in [-0.15, -0.1) is 5.10 Å². The van der Waals surface area contributed by atoms with Crippen molar-refractivity contribution in [2.45, 2.75) is 25.3 Å². The molecule has 1 saturated carbocycles. The van der Waals surface area contributed by atoms with Crippen LogP contribution in [0.4, 0.5) is 0 Å². The van der Waals surface area contributed by atoms with E-state index in [1.54, 1.807) is 0 Å². The number of nitrogens with one attached hydrogen (secondary N) is 1. The van der Waals surface area contributed by atoms with E-state index in [0.717, 1.165) is 24.8 Å². The first-order chi connectivity index (χ1) is 11.3. The Bertz CT molecular complexity index is 679. The first-order valence-electron chi connectivity index (χ1n) is 8.29. The number of likely N-dealkylation sites (tertiary alicyclic amines) is 1. The Morgan fingerprint density at radius 1 is 1.22 bits per heavy atom. The van der Waals surface area contributed by atoms with E-state index in [-0.39, 0.29) is 5.91 Å². The molecule has 0 bridgehead atoms. The fourth-order valence-electron chi connectivity index (χ4n) is 3.18. The molecule has 0 unspecified atom stereocenters. The number of aromatic nitrogens is 3. The van der Waals surface area contributed by atoms with Gasteiger partial charge in [-0.05, 0) is 43.9 Å². The summed E-state index contributed by atoms with van der Waals surface area (Å²) >= 11 is 0. The molecule has 1 saturated heterocycles. The SMILES string of the molecule is O=C(NC[C@@H]1CCN(C2CC2)C1)c1cnn(-c2ccccc2)n1. The van der Waals surface area contributed by atoms with Gasteiger partial charge in [0.05, 0.1) is 11.9 Å². The van der Waals surface area contributed by atoms with Crippen LogP contribution in [0.3, 0.4) is 0 Å². The second kappa shape index (κ2) is 6.12. The minimum atomic E-state index is -0.142. The van der Waals surface area contributed by atoms with Crippen LogP contribution in [-0.2, 0) is 0 Å². The lowest BCUT2D eigenvalue weighted by atomic mass is 10.1. The van der Waals surface area contributed by atoms with Gasteiger partial charge in [0.1, 0.15) is 0 Å². The second-order valence-corrected chi connectivity index (χ2v) is 6.45. The zero-order valence-electron chi connectivity index (χ0n) is 13.1. The van der Waals surface area contributed by atoms with E-state index in [2.05, 4.69) is 20.4 Å². The van der Waals surface area contributed by atoms with Crippen molar-refractivity contribution >= 4 is 5.91 Å². The Kier molecular flexibility index (Phi) is 3.83. The van der Waals surface area contributed by atoms with Crippen LogP contribution < -0.4 is 5.32 Å². The lowest BCUT2D eigenvalue weighted by molar-refractivity contribution is 0.0942. The van der Waals surface area contributed by atoms with Crippen molar-refractivity contribution in [1.29, 1.82) is 0 Å². The highest BCUT2D eigenvalue weighted by Crippen LogP contribution is 2.31. The fourth-order valence-corrected chi connectivity index (χ4v) is 3.18. The van der Waals surface area contributed by atoms with Crippen molar-refractivity contribution in [3.63, 3.8) is 0 Å². The zero-order chi connectivity index (χ0) is 15.6. The molecule has 23 heavy (non-hydrogen) atoms. The summed E-state index contributed by atoms with van der Waals surface area (Å²) in [7, 11) is 0. The van der Waals surface area contributed by atoms with Gasteiger partial charge in [-0.3, -0.25) is 4.79 Å². The number of rotatable bonds is 5. The molecule has 0 spiro atoms. The van der Waals surface area contributed by atoms with Crippen LogP contribution in [0.5, 0.6) is 0 Å². The third kappa shape index (κ3) is 3.27. The molecule has 2 heterocycles. The molecule has 0 radical (unpaired) electrons. The van der Waals surface area contributed by atoms with E-state index in [1.807, 2.05) is 30.3 Å². The van der Waals surface area contributed by atoms with Crippen molar-refractivity contribution in [2.75, 3.05) is 19.6 Å². The second-order valence-electron chi connectivity index (χ2n) is 6.45. The summed E-state index contributed by atoms with van der Waals surface area (Å²) < 4.78 is 0. The highest BCUT2D eigenvalue weighted by atomic mass is 16.2. The van der Waals surface area contributed by atoms with E-state index in [0.29, 0.717) is 11.6 Å². The highest BCUT2D eigenvalue weighted by Gasteiger charge is 2.34. The average Bonchev–Trinajstić information content (AvgIpc) is 3.14. The topological polar surface area (TPSA) is 63.1 Å². The Morgan fingerprint density at radius 2 is 2.04 bits per heavy atom. The van der Waals surface area contributed by atoms with Gasteiger partial charge in [0, 0.05) is 19.1 Å². The van der Waals surface area contributed by atoms with Crippen molar-refractivity contribution < 1.29 is 4.79 Å². The number of amides is 1. The van der Waals surface area contributed by atoms with Crippen molar-refractivity contribution in [3.05, 3.63) is 42.2 Å². The molecule has 1 aliphatic heterocycles. The molecular formula is C17H21N5O. The van der Waals surface area contributed by atoms with Gasteiger partial charge in [-0.2, -0.15) is 9.90 Å². The summed E-state index contributed by atoms with van der Waals surface area (Å²) in [5.41, 5.74) is 1.22. The summed E-state index contributed by atoms with van der Waals surface area (Å²) in [5.74, 6) is 0.417. The molecule has 2 aliphatic rings. The third-order valence-corrected chi connectivity index (χ3v) is 4.64. The molecular weight excluding hydrogens is 290 g/mol. The predicted octanol–water partition coefficient (Wildman–Crippen LogP) is 1.48. The van der Waals surface area contributed by atoms with Crippen LogP contribution in [0, 0.1) is 5.92 Å². The average molecular weight is 311 g/mol. The molecule has 6 heteroatoms. The van der Waals surface area contributed by atoms with Crippen LogP contribution in [-0.4, -0.2) is 51.5 Å². The van der Waals surface area contributed by atoms with Crippen LogP contribution in [0.25, 0.3) is 5.69 Å². The highest BCUT2D eigenvalue weighted by molar-refractivity contribution is 5.91. The minimum Gasteiger partial charge on any atom is -0.350 e. The maximum Gasteiger partial charge on any atom is 0.273 e. The third-order valence-electron chi connectivity index (χ3n) is 4.64. The quantitative estimate of drug-likeness (QED) is 0.908. The Labute approximate surface area is 135 Å². The number of carbonyl (C=O) groups is 1. The van der Waals surface area contributed by atoms with Gasteiger partial charge >= 0.3 is 0 Å². The molecule has 1 aliphatic carbocycles. The smallest absolute Gasteiger partial charge is 0.273 e. The number of hydrogen-bond acceptors (Lipinski definition) is 4. The first-order valence-corrected chi connectivity index (χ1v) is 8.29. The van der Waals surface area contributed by atoms with E-state index in [1.165, 1.54) is 36.8 Å². The van der Waals surface area contributed by atoms with Crippen molar-refractivity contribution in [3.8, 4) is 5.69 Å². The fraction of sp³-hybridized carbons (Fsp3) is 0.471. The number of nitrogens with zero attached hydrogens (tertiary/aromatic N) is 4. The molecule has 4 rings (SSSR count). The molecule has 2 fully saturated rings. The van der Waals surface area contributed by atoms with Gasteiger partial charge in [-0.25, -0.2) is 0 Å². The van der Waals surface area contributed by atoms with Crippen molar-refractivity contribution in [1.82, 2.24) is 25.2 Å². The molecule has 1 N–H and O–H groups in total. The van der Waals surface area contributed by atoms with Crippen LogP contribution in [0.15, 0.2) is 36.5 Å². The largest absolute Gasteiger partial charge is 0.350 e. The number of carbonyl (C=O) groups excluding carboxylic acids is 1. The summed E-state index contributed by atoms with van der Waals surface area (Å²) in [6.45, 7) is 3.01. The van der Waals surface area contributed by atoms with Gasteiger partial charge < -0.3 is 10.2 Å². The summed E-state index contributed by atoms with van der Waals surface area (Å²) in [4.78, 5) is 16.3. The Balaban J connectivity index is 1.32.